The van der Waals surface area contributed by atoms with Crippen LogP contribution in [0.5, 0.6) is 0 Å². The number of unbranched alkanes of at least 4 members (excludes halogenated alkanes) is 2. The summed E-state index contributed by atoms with van der Waals surface area (Å²) in [6.07, 6.45) is 9.57. The first-order chi connectivity index (χ1) is 13.4. The molecule has 1 aromatic carbocycles. The molecule has 0 fully saturated rings. The molecule has 0 radical (unpaired) electrons. The first kappa shape index (κ1) is 18.4. The van der Waals surface area contributed by atoms with Crippen molar-refractivity contribution >= 4 is 0 Å². The van der Waals surface area contributed by atoms with E-state index in [1.807, 2.05) is 24.4 Å². The van der Waals surface area contributed by atoms with Crippen molar-refractivity contribution in [1.29, 1.82) is 5.26 Å². The van der Waals surface area contributed by atoms with E-state index in [0.29, 0.717) is 6.42 Å². The van der Waals surface area contributed by atoms with Gasteiger partial charge in [-0.15, -0.1) is 0 Å². The van der Waals surface area contributed by atoms with E-state index < -0.39 is 0 Å². The largest absolute Gasteiger partial charge is 0.317 e. The summed E-state index contributed by atoms with van der Waals surface area (Å²) in [4.78, 5) is 8.64. The number of nitriles is 1. The van der Waals surface area contributed by atoms with E-state index in [9.17, 15) is 0 Å². The second-order valence-corrected chi connectivity index (χ2v) is 6.26. The lowest BCUT2D eigenvalue weighted by atomic mass is 10.1. The molecule has 27 heavy (non-hydrogen) atoms. The standard InChI is InChI=1S/C23H22N4/c24-15-7-2-1-6-12-23-26-19-22(21-13-16-25-17-14-21)27(23)18-8-11-20-9-4-3-5-10-20/h3-5,9-10,13-14,16-17,19H,1-2,7-8,11,18H2. The highest BCUT2D eigenvalue weighted by molar-refractivity contribution is 5.59. The Hall–Kier alpha value is -3.37. The lowest BCUT2D eigenvalue weighted by molar-refractivity contribution is 0.640. The van der Waals surface area contributed by atoms with Gasteiger partial charge in [0.1, 0.15) is 0 Å². The van der Waals surface area contributed by atoms with Gasteiger partial charge in [-0.05, 0) is 42.9 Å². The Morgan fingerprint density at radius 1 is 0.963 bits per heavy atom. The topological polar surface area (TPSA) is 54.5 Å². The molecule has 0 aliphatic carbocycles. The Bertz CT molecular complexity index is 941. The second-order valence-electron chi connectivity index (χ2n) is 6.26. The molecule has 2 heterocycles. The molecule has 2 aromatic heterocycles. The van der Waals surface area contributed by atoms with Gasteiger partial charge >= 0.3 is 0 Å². The van der Waals surface area contributed by atoms with Crippen LogP contribution < -0.4 is 0 Å². The maximum atomic E-state index is 8.63. The van der Waals surface area contributed by atoms with Gasteiger partial charge in [0, 0.05) is 37.3 Å². The number of benzene rings is 1. The number of imidazole rings is 1. The lowest BCUT2D eigenvalue weighted by Crippen LogP contribution is -2.05. The Morgan fingerprint density at radius 3 is 2.56 bits per heavy atom. The maximum Gasteiger partial charge on any atom is 0.185 e. The van der Waals surface area contributed by atoms with Crippen LogP contribution in [0.3, 0.4) is 0 Å². The van der Waals surface area contributed by atoms with Gasteiger partial charge in [0.25, 0.3) is 0 Å². The van der Waals surface area contributed by atoms with E-state index in [4.69, 9.17) is 5.26 Å². The molecule has 0 N–H and O–H groups in total. The minimum atomic E-state index is 0.544. The summed E-state index contributed by atoms with van der Waals surface area (Å²) in [7, 11) is 0. The highest BCUT2D eigenvalue weighted by atomic mass is 15.1. The predicted molar refractivity (Wildman–Crippen MR) is 107 cm³/mol. The first-order valence-corrected chi connectivity index (χ1v) is 9.24. The third-order valence-corrected chi connectivity index (χ3v) is 4.31. The SMILES string of the molecule is N#CCCCC#Cc1ncc(-c2ccncc2)n1CCCc1ccccc1. The van der Waals surface area contributed by atoms with Crippen LogP contribution in [0.4, 0.5) is 0 Å². The molecular weight excluding hydrogens is 332 g/mol. The summed E-state index contributed by atoms with van der Waals surface area (Å²) in [5, 5.41) is 8.63. The van der Waals surface area contributed by atoms with Gasteiger partial charge < -0.3 is 4.57 Å². The quantitative estimate of drug-likeness (QED) is 0.459. The van der Waals surface area contributed by atoms with Gasteiger partial charge in [-0.1, -0.05) is 36.3 Å². The summed E-state index contributed by atoms with van der Waals surface area (Å²) in [5.41, 5.74) is 3.49. The molecule has 0 unspecified atom stereocenters. The summed E-state index contributed by atoms with van der Waals surface area (Å²) in [6.45, 7) is 0.856. The smallest absolute Gasteiger partial charge is 0.185 e. The molecule has 3 rings (SSSR count). The zero-order chi connectivity index (χ0) is 18.7. The number of hydrogen-bond acceptors (Lipinski definition) is 3. The molecule has 0 atom stereocenters. The van der Waals surface area contributed by atoms with Crippen molar-refractivity contribution in [1.82, 2.24) is 14.5 Å². The van der Waals surface area contributed by atoms with Crippen LogP contribution in [0.2, 0.25) is 0 Å². The molecule has 0 spiro atoms. The van der Waals surface area contributed by atoms with Crippen molar-refractivity contribution in [2.75, 3.05) is 0 Å². The fraction of sp³-hybridized carbons (Fsp3) is 0.261. The van der Waals surface area contributed by atoms with Crippen LogP contribution in [0.1, 0.15) is 37.1 Å². The number of pyridine rings is 1. The molecular formula is C23H22N4. The summed E-state index contributed by atoms with van der Waals surface area (Å²) < 4.78 is 2.19. The predicted octanol–water partition coefficient (Wildman–Crippen LogP) is 4.62. The van der Waals surface area contributed by atoms with E-state index in [2.05, 4.69) is 56.7 Å². The normalized spacial score (nSPS) is 10.0. The Kier molecular flexibility index (Phi) is 6.78. The van der Waals surface area contributed by atoms with Crippen LogP contribution in [0.15, 0.2) is 61.1 Å². The van der Waals surface area contributed by atoms with E-state index in [-0.39, 0.29) is 0 Å². The van der Waals surface area contributed by atoms with Crippen LogP contribution in [0.25, 0.3) is 11.3 Å². The van der Waals surface area contributed by atoms with Crippen molar-refractivity contribution in [2.45, 2.75) is 38.6 Å². The van der Waals surface area contributed by atoms with Crippen LogP contribution in [0, 0.1) is 23.2 Å². The average molecular weight is 354 g/mol. The number of aryl methyl sites for hydroxylation is 1. The van der Waals surface area contributed by atoms with E-state index in [1.165, 1.54) is 5.56 Å². The second kappa shape index (κ2) is 9.94. The zero-order valence-corrected chi connectivity index (χ0v) is 15.3. The number of aromatic nitrogens is 3. The molecule has 4 nitrogen and oxygen atoms in total. The molecule has 134 valence electrons. The lowest BCUT2D eigenvalue weighted by Gasteiger charge is -2.10. The minimum Gasteiger partial charge on any atom is -0.317 e. The Morgan fingerprint density at radius 2 is 1.78 bits per heavy atom. The Balaban J connectivity index is 1.77. The molecule has 4 heteroatoms. The summed E-state index contributed by atoms with van der Waals surface area (Å²) >= 11 is 0. The van der Waals surface area contributed by atoms with Crippen LogP contribution in [-0.4, -0.2) is 14.5 Å². The van der Waals surface area contributed by atoms with Crippen molar-refractivity contribution in [3.05, 3.63) is 72.4 Å². The number of hydrogen-bond donors (Lipinski definition) is 0. The first-order valence-electron chi connectivity index (χ1n) is 9.24. The van der Waals surface area contributed by atoms with Crippen molar-refractivity contribution < 1.29 is 0 Å². The van der Waals surface area contributed by atoms with E-state index in [1.54, 1.807) is 12.4 Å². The molecule has 0 saturated carbocycles. The fourth-order valence-corrected chi connectivity index (χ4v) is 2.94. The Labute approximate surface area is 160 Å². The third-order valence-electron chi connectivity index (χ3n) is 4.31. The number of nitrogens with zero attached hydrogens (tertiary/aromatic N) is 4. The van der Waals surface area contributed by atoms with Gasteiger partial charge in [0.05, 0.1) is 18.0 Å². The van der Waals surface area contributed by atoms with Crippen molar-refractivity contribution in [3.8, 4) is 29.2 Å². The molecule has 0 saturated heterocycles. The molecule has 0 aliphatic rings. The van der Waals surface area contributed by atoms with Crippen molar-refractivity contribution in [2.24, 2.45) is 0 Å². The molecule has 3 aromatic rings. The van der Waals surface area contributed by atoms with Gasteiger partial charge in [-0.25, -0.2) is 4.98 Å². The highest BCUT2D eigenvalue weighted by Crippen LogP contribution is 2.21. The highest BCUT2D eigenvalue weighted by Gasteiger charge is 2.10. The number of rotatable bonds is 7. The van der Waals surface area contributed by atoms with E-state index >= 15 is 0 Å². The van der Waals surface area contributed by atoms with Gasteiger partial charge in [0.2, 0.25) is 0 Å². The van der Waals surface area contributed by atoms with Crippen LogP contribution in [-0.2, 0) is 13.0 Å². The van der Waals surface area contributed by atoms with Crippen molar-refractivity contribution in [3.63, 3.8) is 0 Å². The fourth-order valence-electron chi connectivity index (χ4n) is 2.94. The molecule has 0 bridgehead atoms. The minimum absolute atomic E-state index is 0.544. The van der Waals surface area contributed by atoms with Gasteiger partial charge in [-0.3, -0.25) is 4.98 Å². The zero-order valence-electron chi connectivity index (χ0n) is 15.3. The maximum absolute atomic E-state index is 8.63. The summed E-state index contributed by atoms with van der Waals surface area (Å²) in [5.74, 6) is 7.12. The third kappa shape index (κ3) is 5.30. The molecule has 0 aliphatic heterocycles. The molecule has 0 amide bonds. The van der Waals surface area contributed by atoms with Crippen LogP contribution >= 0.6 is 0 Å². The van der Waals surface area contributed by atoms with E-state index in [0.717, 1.165) is 49.3 Å². The van der Waals surface area contributed by atoms with Gasteiger partial charge in [-0.2, -0.15) is 5.26 Å². The average Bonchev–Trinajstić information content (AvgIpc) is 3.12. The monoisotopic (exact) mass is 354 g/mol. The van der Waals surface area contributed by atoms with Gasteiger partial charge in [0.15, 0.2) is 5.82 Å². The summed E-state index contributed by atoms with van der Waals surface area (Å²) in [6, 6.07) is 16.7.